The van der Waals surface area contributed by atoms with Gasteiger partial charge in [-0.05, 0) is 18.9 Å². The first-order valence-electron chi connectivity index (χ1n) is 6.76. The highest BCUT2D eigenvalue weighted by molar-refractivity contribution is 7.15. The number of hydrogen-bond acceptors (Lipinski definition) is 4. The van der Waals surface area contributed by atoms with Crippen LogP contribution in [-0.4, -0.2) is 33.6 Å². The number of nitrogens with zero attached hydrogens (tertiary/aromatic N) is 3. The van der Waals surface area contributed by atoms with Gasteiger partial charge in [-0.3, -0.25) is 4.40 Å². The van der Waals surface area contributed by atoms with Gasteiger partial charge in [0.05, 0.1) is 5.69 Å². The first kappa shape index (κ1) is 13.2. The van der Waals surface area contributed by atoms with Gasteiger partial charge in [0, 0.05) is 30.7 Å². The van der Waals surface area contributed by atoms with Crippen LogP contribution in [-0.2, 0) is 4.79 Å². The molecule has 0 aliphatic heterocycles. The predicted octanol–water partition coefficient (Wildman–Crippen LogP) is 2.87. The van der Waals surface area contributed by atoms with E-state index in [1.807, 2.05) is 16.0 Å². The zero-order chi connectivity index (χ0) is 14.1. The number of carboxylic acid groups (broad SMARTS) is 1. The molecule has 3 rings (SSSR count). The van der Waals surface area contributed by atoms with Crippen molar-refractivity contribution in [2.75, 3.05) is 11.9 Å². The van der Waals surface area contributed by atoms with Crippen LogP contribution in [0.3, 0.4) is 0 Å². The second-order valence-corrected chi connectivity index (χ2v) is 5.97. The van der Waals surface area contributed by atoms with E-state index in [0.29, 0.717) is 6.04 Å². The largest absolute Gasteiger partial charge is 0.478 e. The molecule has 0 amide bonds. The zero-order valence-electron chi connectivity index (χ0n) is 11.3. The van der Waals surface area contributed by atoms with Crippen molar-refractivity contribution >= 4 is 34.2 Å². The maximum Gasteiger partial charge on any atom is 0.328 e. The Morgan fingerprint density at radius 3 is 3.00 bits per heavy atom. The average molecular weight is 291 g/mol. The van der Waals surface area contributed by atoms with Crippen molar-refractivity contribution in [2.45, 2.75) is 31.7 Å². The van der Waals surface area contributed by atoms with E-state index < -0.39 is 5.97 Å². The number of imidazole rings is 1. The van der Waals surface area contributed by atoms with Crippen molar-refractivity contribution in [3.05, 3.63) is 23.3 Å². The summed E-state index contributed by atoms with van der Waals surface area (Å²) in [4.78, 5) is 18.5. The van der Waals surface area contributed by atoms with Crippen molar-refractivity contribution < 1.29 is 9.90 Å². The van der Waals surface area contributed by atoms with Crippen molar-refractivity contribution in [2.24, 2.45) is 0 Å². The molecule has 1 fully saturated rings. The fourth-order valence-electron chi connectivity index (χ4n) is 2.82. The molecule has 0 bridgehead atoms. The highest BCUT2D eigenvalue weighted by atomic mass is 32.1. The molecule has 1 saturated carbocycles. The van der Waals surface area contributed by atoms with Gasteiger partial charge >= 0.3 is 5.97 Å². The topological polar surface area (TPSA) is 57.8 Å². The third-order valence-electron chi connectivity index (χ3n) is 3.87. The molecule has 0 radical (unpaired) electrons. The van der Waals surface area contributed by atoms with Crippen molar-refractivity contribution in [1.82, 2.24) is 9.38 Å². The van der Waals surface area contributed by atoms with Gasteiger partial charge in [-0.1, -0.05) is 12.8 Å². The smallest absolute Gasteiger partial charge is 0.328 e. The van der Waals surface area contributed by atoms with E-state index in [9.17, 15) is 4.79 Å². The minimum absolute atomic E-state index is 0.511. The van der Waals surface area contributed by atoms with Crippen LogP contribution in [0, 0.1) is 0 Å². The van der Waals surface area contributed by atoms with Gasteiger partial charge < -0.3 is 10.0 Å². The molecule has 1 N–H and O–H groups in total. The molecule has 2 heterocycles. The molecular weight excluding hydrogens is 274 g/mol. The number of thiazole rings is 1. The first-order chi connectivity index (χ1) is 9.66. The summed E-state index contributed by atoms with van der Waals surface area (Å²) in [6.45, 7) is 0. The Bertz CT molecular complexity index is 652. The second-order valence-electron chi connectivity index (χ2n) is 5.10. The summed E-state index contributed by atoms with van der Waals surface area (Å²) in [6.07, 6.45) is 9.63. The van der Waals surface area contributed by atoms with Crippen LogP contribution in [0.1, 0.15) is 31.4 Å². The Labute approximate surface area is 121 Å². The summed E-state index contributed by atoms with van der Waals surface area (Å²) in [5.74, 6) is -0.0640. The van der Waals surface area contributed by atoms with Crippen LogP contribution in [0.25, 0.3) is 11.0 Å². The van der Waals surface area contributed by atoms with Crippen LogP contribution >= 0.6 is 11.3 Å². The lowest BCUT2D eigenvalue weighted by Gasteiger charge is -2.24. The van der Waals surface area contributed by atoms with Crippen LogP contribution < -0.4 is 4.90 Å². The summed E-state index contributed by atoms with van der Waals surface area (Å²) in [7, 11) is 2.06. The number of fused-ring (bicyclic) bond motifs is 1. The number of aliphatic carboxylic acids is 1. The number of carbonyl (C=O) groups is 1. The van der Waals surface area contributed by atoms with Gasteiger partial charge in [-0.25, -0.2) is 9.78 Å². The molecule has 6 heteroatoms. The molecule has 0 aromatic carbocycles. The van der Waals surface area contributed by atoms with Crippen molar-refractivity contribution in [1.29, 1.82) is 0 Å². The molecular formula is C14H17N3O2S. The summed E-state index contributed by atoms with van der Waals surface area (Å²) in [5, 5.41) is 10.8. The lowest BCUT2D eigenvalue weighted by Crippen LogP contribution is -2.29. The third-order valence-corrected chi connectivity index (χ3v) is 4.63. The fourth-order valence-corrected chi connectivity index (χ4v) is 3.54. The maximum atomic E-state index is 10.8. The van der Waals surface area contributed by atoms with Crippen LogP contribution in [0.4, 0.5) is 5.82 Å². The number of carboxylic acids is 1. The van der Waals surface area contributed by atoms with Gasteiger partial charge in [0.15, 0.2) is 10.8 Å². The molecule has 5 nitrogen and oxygen atoms in total. The van der Waals surface area contributed by atoms with Gasteiger partial charge in [0.2, 0.25) is 0 Å². The lowest BCUT2D eigenvalue weighted by atomic mass is 10.2. The Balaban J connectivity index is 2.02. The first-order valence-corrected chi connectivity index (χ1v) is 7.64. The molecule has 0 atom stereocenters. The summed E-state index contributed by atoms with van der Waals surface area (Å²) < 4.78 is 1.95. The minimum Gasteiger partial charge on any atom is -0.478 e. The van der Waals surface area contributed by atoms with Gasteiger partial charge in [-0.15, -0.1) is 11.3 Å². The van der Waals surface area contributed by atoms with Gasteiger partial charge in [0.25, 0.3) is 0 Å². The Morgan fingerprint density at radius 1 is 1.55 bits per heavy atom. The number of rotatable bonds is 4. The Kier molecular flexibility index (Phi) is 3.48. The van der Waals surface area contributed by atoms with E-state index in [4.69, 9.17) is 5.11 Å². The lowest BCUT2D eigenvalue weighted by molar-refractivity contribution is -0.131. The monoisotopic (exact) mass is 291 g/mol. The van der Waals surface area contributed by atoms with E-state index in [1.165, 1.54) is 31.8 Å². The van der Waals surface area contributed by atoms with Gasteiger partial charge in [-0.2, -0.15) is 0 Å². The van der Waals surface area contributed by atoms with E-state index in [1.54, 1.807) is 17.4 Å². The Morgan fingerprint density at radius 2 is 2.30 bits per heavy atom. The SMILES string of the molecule is CN(c1nc2sccn2c1/C=C/C(=O)O)C1CCCC1. The van der Waals surface area contributed by atoms with Crippen LogP contribution in [0.2, 0.25) is 0 Å². The van der Waals surface area contributed by atoms with E-state index >= 15 is 0 Å². The van der Waals surface area contributed by atoms with E-state index in [0.717, 1.165) is 16.5 Å². The quantitative estimate of drug-likeness (QED) is 0.880. The molecule has 20 heavy (non-hydrogen) atoms. The number of aromatic nitrogens is 2. The number of hydrogen-bond donors (Lipinski definition) is 1. The van der Waals surface area contributed by atoms with Gasteiger partial charge in [0.1, 0.15) is 0 Å². The third kappa shape index (κ3) is 2.31. The second kappa shape index (κ2) is 5.28. The van der Waals surface area contributed by atoms with E-state index in [2.05, 4.69) is 16.9 Å². The molecule has 0 unspecified atom stereocenters. The number of anilines is 1. The van der Waals surface area contributed by atoms with Crippen molar-refractivity contribution in [3.63, 3.8) is 0 Å². The normalized spacial score (nSPS) is 16.4. The highest BCUT2D eigenvalue weighted by Crippen LogP contribution is 2.31. The molecule has 2 aromatic heterocycles. The molecule has 106 valence electrons. The molecule has 1 aliphatic rings. The van der Waals surface area contributed by atoms with Crippen LogP contribution in [0.15, 0.2) is 17.7 Å². The highest BCUT2D eigenvalue weighted by Gasteiger charge is 2.24. The molecule has 0 spiro atoms. The zero-order valence-corrected chi connectivity index (χ0v) is 12.1. The predicted molar refractivity (Wildman–Crippen MR) is 80.4 cm³/mol. The van der Waals surface area contributed by atoms with Crippen molar-refractivity contribution in [3.8, 4) is 0 Å². The average Bonchev–Trinajstić information content (AvgIpc) is 3.12. The molecule has 0 saturated heterocycles. The fraction of sp³-hybridized carbons (Fsp3) is 0.429. The minimum atomic E-state index is -0.940. The molecule has 1 aliphatic carbocycles. The summed E-state index contributed by atoms with van der Waals surface area (Å²) >= 11 is 1.56. The Hall–Kier alpha value is -1.82. The molecule has 2 aromatic rings. The maximum absolute atomic E-state index is 10.8. The summed E-state index contributed by atoms with van der Waals surface area (Å²) in [6, 6.07) is 0.511. The summed E-state index contributed by atoms with van der Waals surface area (Å²) in [5.41, 5.74) is 0.845. The van der Waals surface area contributed by atoms with Crippen LogP contribution in [0.5, 0.6) is 0 Å². The van der Waals surface area contributed by atoms with E-state index in [-0.39, 0.29) is 0 Å². The standard InChI is InChI=1S/C14H17N3O2S/c1-16(10-4-2-3-5-10)13-11(6-7-12(18)19)17-8-9-20-14(17)15-13/h6-10H,2-5H2,1H3,(H,18,19)/b7-6+.